The van der Waals surface area contributed by atoms with E-state index in [0.29, 0.717) is 5.11 Å². The molecule has 1 heterocycles. The summed E-state index contributed by atoms with van der Waals surface area (Å²) in [6.45, 7) is 0. The number of hydrogen-bond donors (Lipinski definition) is 2. The van der Waals surface area contributed by atoms with E-state index in [1.165, 1.54) is 3.57 Å². The Balaban J connectivity index is 1.96. The smallest absolute Gasteiger partial charge is 0.176 e. The molecule has 0 atom stereocenters. The fraction of sp³-hybridized carbons (Fsp3) is 0. The largest absolute Gasteiger partial charge is 0.332 e. The van der Waals surface area contributed by atoms with E-state index < -0.39 is 0 Å². The molecule has 0 aliphatic heterocycles. The maximum absolute atomic E-state index is 5.19. The molecule has 17 heavy (non-hydrogen) atoms. The fourth-order valence-electron chi connectivity index (χ4n) is 1.25. The summed E-state index contributed by atoms with van der Waals surface area (Å²) in [7, 11) is 0. The zero-order chi connectivity index (χ0) is 12.1. The zero-order valence-corrected chi connectivity index (χ0v) is 11.8. The summed E-state index contributed by atoms with van der Waals surface area (Å²) in [6, 6.07) is 13.6. The molecule has 0 amide bonds. The second kappa shape index (κ2) is 5.92. The molecule has 0 saturated carbocycles. The molecule has 0 radical (unpaired) electrons. The lowest BCUT2D eigenvalue weighted by Gasteiger charge is -2.09. The summed E-state index contributed by atoms with van der Waals surface area (Å²) in [5.41, 5.74) is 0.957. The highest BCUT2D eigenvalue weighted by Crippen LogP contribution is 2.11. The van der Waals surface area contributed by atoms with Crippen molar-refractivity contribution in [1.29, 1.82) is 0 Å². The SMILES string of the molecule is S=C(Nc1ccc(I)cc1)Nc1ccccn1. The van der Waals surface area contributed by atoms with Crippen molar-refractivity contribution in [3.63, 3.8) is 0 Å². The van der Waals surface area contributed by atoms with Crippen LogP contribution in [0.1, 0.15) is 0 Å². The number of aromatic nitrogens is 1. The van der Waals surface area contributed by atoms with Gasteiger partial charge in [-0.25, -0.2) is 4.98 Å². The standard InChI is InChI=1S/C12H10IN3S/c13-9-4-6-10(7-5-9)15-12(17)16-11-3-1-2-8-14-11/h1-8H,(H2,14,15,16,17). The van der Waals surface area contributed by atoms with E-state index in [2.05, 4.69) is 38.2 Å². The number of thiocarbonyl (C=S) groups is 1. The third-order valence-electron chi connectivity index (χ3n) is 2.01. The predicted molar refractivity (Wildman–Crippen MR) is 83.2 cm³/mol. The first-order chi connectivity index (χ1) is 8.24. The van der Waals surface area contributed by atoms with Gasteiger partial charge >= 0.3 is 0 Å². The predicted octanol–water partition coefficient (Wildman–Crippen LogP) is 3.50. The van der Waals surface area contributed by atoms with Crippen molar-refractivity contribution in [2.45, 2.75) is 0 Å². The maximum Gasteiger partial charge on any atom is 0.176 e. The Morgan fingerprint density at radius 3 is 2.47 bits per heavy atom. The second-order valence-corrected chi connectivity index (χ2v) is 4.95. The van der Waals surface area contributed by atoms with Crippen LogP contribution in [0.15, 0.2) is 48.7 Å². The summed E-state index contributed by atoms with van der Waals surface area (Å²) < 4.78 is 1.19. The van der Waals surface area contributed by atoms with Crippen LogP contribution in [0.25, 0.3) is 0 Å². The lowest BCUT2D eigenvalue weighted by molar-refractivity contribution is 1.32. The molecule has 5 heteroatoms. The summed E-state index contributed by atoms with van der Waals surface area (Å²) in [6.07, 6.45) is 1.72. The minimum Gasteiger partial charge on any atom is -0.332 e. The van der Waals surface area contributed by atoms with Crippen LogP contribution < -0.4 is 10.6 Å². The highest BCUT2D eigenvalue weighted by molar-refractivity contribution is 14.1. The average Bonchev–Trinajstić information content (AvgIpc) is 2.33. The molecule has 0 unspecified atom stereocenters. The van der Waals surface area contributed by atoms with E-state index in [-0.39, 0.29) is 0 Å². The molecule has 1 aromatic carbocycles. The number of benzene rings is 1. The third kappa shape index (κ3) is 3.94. The number of nitrogens with one attached hydrogen (secondary N) is 2. The van der Waals surface area contributed by atoms with Crippen molar-refractivity contribution in [3.8, 4) is 0 Å². The highest BCUT2D eigenvalue weighted by atomic mass is 127. The van der Waals surface area contributed by atoms with Gasteiger partial charge in [0.15, 0.2) is 5.11 Å². The van der Waals surface area contributed by atoms with E-state index in [0.717, 1.165) is 11.5 Å². The van der Waals surface area contributed by atoms with Gasteiger partial charge in [0.1, 0.15) is 5.82 Å². The third-order valence-corrected chi connectivity index (χ3v) is 2.93. The van der Waals surface area contributed by atoms with Crippen LogP contribution in [0, 0.1) is 3.57 Å². The molecule has 2 rings (SSSR count). The van der Waals surface area contributed by atoms with Gasteiger partial charge in [-0.1, -0.05) is 6.07 Å². The molecule has 0 spiro atoms. The van der Waals surface area contributed by atoms with Gasteiger partial charge in [-0.2, -0.15) is 0 Å². The van der Waals surface area contributed by atoms with Crippen LogP contribution in [0.3, 0.4) is 0 Å². The molecule has 0 aliphatic rings. The van der Waals surface area contributed by atoms with E-state index in [9.17, 15) is 0 Å². The van der Waals surface area contributed by atoms with E-state index in [1.807, 2.05) is 42.5 Å². The number of anilines is 2. The molecule has 86 valence electrons. The summed E-state index contributed by atoms with van der Waals surface area (Å²) in [5.74, 6) is 0.732. The van der Waals surface area contributed by atoms with Gasteiger partial charge in [0.25, 0.3) is 0 Å². The van der Waals surface area contributed by atoms with Gasteiger partial charge in [0.05, 0.1) is 0 Å². The lowest BCUT2D eigenvalue weighted by Crippen LogP contribution is -2.19. The first kappa shape index (κ1) is 12.3. The zero-order valence-electron chi connectivity index (χ0n) is 8.85. The van der Waals surface area contributed by atoms with Gasteiger partial charge in [-0.3, -0.25) is 0 Å². The van der Waals surface area contributed by atoms with Gasteiger partial charge < -0.3 is 10.6 Å². The number of hydrogen-bond acceptors (Lipinski definition) is 2. The van der Waals surface area contributed by atoms with E-state index in [1.54, 1.807) is 6.20 Å². The normalized spacial score (nSPS) is 9.71. The van der Waals surface area contributed by atoms with Crippen LogP contribution in [-0.2, 0) is 0 Å². The molecule has 0 aliphatic carbocycles. The van der Waals surface area contributed by atoms with Crippen molar-refractivity contribution in [3.05, 3.63) is 52.2 Å². The Hall–Kier alpha value is -1.21. The lowest BCUT2D eigenvalue weighted by atomic mass is 10.3. The minimum atomic E-state index is 0.532. The molecular weight excluding hydrogens is 345 g/mol. The molecule has 0 saturated heterocycles. The molecule has 2 aromatic rings. The van der Waals surface area contributed by atoms with Gasteiger partial charge in [0, 0.05) is 15.5 Å². The number of nitrogens with zero attached hydrogens (tertiary/aromatic N) is 1. The molecule has 0 bridgehead atoms. The molecule has 2 N–H and O–H groups in total. The van der Waals surface area contributed by atoms with Crippen molar-refractivity contribution in [1.82, 2.24) is 4.98 Å². The van der Waals surface area contributed by atoms with Crippen LogP contribution in [0.4, 0.5) is 11.5 Å². The Bertz CT molecular complexity index is 499. The summed E-state index contributed by atoms with van der Waals surface area (Å²) in [5, 5.41) is 6.64. The first-order valence-electron chi connectivity index (χ1n) is 4.98. The molecule has 3 nitrogen and oxygen atoms in total. The van der Waals surface area contributed by atoms with Gasteiger partial charge in [0.2, 0.25) is 0 Å². The van der Waals surface area contributed by atoms with Crippen molar-refractivity contribution in [2.24, 2.45) is 0 Å². The van der Waals surface area contributed by atoms with Gasteiger partial charge in [-0.05, 0) is 71.2 Å². The Morgan fingerprint density at radius 1 is 1.06 bits per heavy atom. The van der Waals surface area contributed by atoms with Crippen molar-refractivity contribution >= 4 is 51.4 Å². The van der Waals surface area contributed by atoms with Crippen molar-refractivity contribution < 1.29 is 0 Å². The second-order valence-electron chi connectivity index (χ2n) is 3.30. The minimum absolute atomic E-state index is 0.532. The van der Waals surface area contributed by atoms with Crippen LogP contribution >= 0.6 is 34.8 Å². The highest BCUT2D eigenvalue weighted by Gasteiger charge is 1.98. The van der Waals surface area contributed by atoms with Crippen LogP contribution in [-0.4, -0.2) is 10.1 Å². The van der Waals surface area contributed by atoms with Crippen molar-refractivity contribution in [2.75, 3.05) is 10.6 Å². The number of halogens is 1. The van der Waals surface area contributed by atoms with E-state index in [4.69, 9.17) is 12.2 Å². The molecular formula is C12H10IN3S. The number of rotatable bonds is 2. The maximum atomic E-state index is 5.19. The van der Waals surface area contributed by atoms with Crippen LogP contribution in [0.2, 0.25) is 0 Å². The Morgan fingerprint density at radius 2 is 1.82 bits per heavy atom. The molecule has 1 aromatic heterocycles. The first-order valence-corrected chi connectivity index (χ1v) is 6.47. The Kier molecular flexibility index (Phi) is 4.27. The fourth-order valence-corrected chi connectivity index (χ4v) is 1.83. The quantitative estimate of drug-likeness (QED) is 0.639. The van der Waals surface area contributed by atoms with E-state index >= 15 is 0 Å². The van der Waals surface area contributed by atoms with Gasteiger partial charge in [-0.15, -0.1) is 0 Å². The van der Waals surface area contributed by atoms with Crippen LogP contribution in [0.5, 0.6) is 0 Å². The monoisotopic (exact) mass is 355 g/mol. The summed E-state index contributed by atoms with van der Waals surface area (Å²) in [4.78, 5) is 4.13. The Labute approximate surface area is 119 Å². The summed E-state index contributed by atoms with van der Waals surface area (Å²) >= 11 is 7.45. The topological polar surface area (TPSA) is 37.0 Å². The molecule has 0 fully saturated rings. The average molecular weight is 355 g/mol. The number of pyridine rings is 1.